The lowest BCUT2D eigenvalue weighted by Gasteiger charge is -2.13. The number of esters is 1. The Kier molecular flexibility index (Phi) is 4.55. The monoisotopic (exact) mass is 371 g/mol. The number of anilines is 2. The van der Waals surface area contributed by atoms with E-state index < -0.39 is 5.97 Å². The van der Waals surface area contributed by atoms with Crippen molar-refractivity contribution in [2.24, 2.45) is 0 Å². The van der Waals surface area contributed by atoms with Crippen LogP contribution in [0.25, 0.3) is 10.2 Å². The number of hydrogen-bond donors (Lipinski definition) is 1. The average molecular weight is 371 g/mol. The molecule has 0 fully saturated rings. The minimum atomic E-state index is -0.539. The van der Waals surface area contributed by atoms with Gasteiger partial charge in [-0.25, -0.2) is 19.2 Å². The number of halogens is 1. The van der Waals surface area contributed by atoms with E-state index in [1.807, 2.05) is 0 Å². The number of nitrogens with zero attached hydrogens (tertiary/aromatic N) is 2. The van der Waals surface area contributed by atoms with E-state index in [2.05, 4.69) is 15.3 Å². The molecule has 0 radical (unpaired) electrons. The number of aryl methyl sites for hydroxylation is 2. The van der Waals surface area contributed by atoms with E-state index in [0.717, 1.165) is 29.5 Å². The molecule has 134 valence electrons. The maximum atomic E-state index is 13.2. The molecule has 0 bridgehead atoms. The fourth-order valence-electron chi connectivity index (χ4n) is 3.20. The molecular formula is C19H18FN3O2S. The van der Waals surface area contributed by atoms with Gasteiger partial charge in [0.05, 0.1) is 12.0 Å². The van der Waals surface area contributed by atoms with Crippen molar-refractivity contribution in [1.82, 2.24) is 9.97 Å². The summed E-state index contributed by atoms with van der Waals surface area (Å²) in [6.07, 6.45) is 4.31. The highest BCUT2D eigenvalue weighted by molar-refractivity contribution is 7.19. The van der Waals surface area contributed by atoms with E-state index in [9.17, 15) is 9.18 Å². The SMILES string of the molecule is CCOC(=O)c1nc(Nc2ccc(F)cc2)c2c3c(sc2n1)CCCC3. The molecule has 0 amide bonds. The first-order valence-corrected chi connectivity index (χ1v) is 9.49. The van der Waals surface area contributed by atoms with Crippen LogP contribution in [0.5, 0.6) is 0 Å². The van der Waals surface area contributed by atoms with Crippen molar-refractivity contribution < 1.29 is 13.9 Å². The fourth-order valence-corrected chi connectivity index (χ4v) is 4.47. The molecule has 1 aromatic carbocycles. The second-order valence-corrected chi connectivity index (χ2v) is 7.22. The van der Waals surface area contributed by atoms with Gasteiger partial charge in [0.1, 0.15) is 16.5 Å². The number of nitrogens with one attached hydrogen (secondary N) is 1. The van der Waals surface area contributed by atoms with Gasteiger partial charge in [-0.05, 0) is 62.4 Å². The van der Waals surface area contributed by atoms with E-state index in [4.69, 9.17) is 4.74 Å². The normalized spacial score (nSPS) is 13.5. The van der Waals surface area contributed by atoms with Crippen molar-refractivity contribution in [3.63, 3.8) is 0 Å². The Morgan fingerprint density at radius 3 is 2.77 bits per heavy atom. The molecule has 3 aromatic rings. The van der Waals surface area contributed by atoms with E-state index >= 15 is 0 Å². The van der Waals surface area contributed by atoms with Crippen LogP contribution in [-0.2, 0) is 17.6 Å². The van der Waals surface area contributed by atoms with Gasteiger partial charge in [0, 0.05) is 10.6 Å². The van der Waals surface area contributed by atoms with Crippen LogP contribution in [0.4, 0.5) is 15.9 Å². The van der Waals surface area contributed by atoms with Gasteiger partial charge in [-0.2, -0.15) is 0 Å². The molecule has 1 N–H and O–H groups in total. The zero-order valence-corrected chi connectivity index (χ0v) is 15.2. The number of aromatic nitrogens is 2. The zero-order valence-electron chi connectivity index (χ0n) is 14.3. The molecule has 26 heavy (non-hydrogen) atoms. The summed E-state index contributed by atoms with van der Waals surface area (Å²) in [6, 6.07) is 6.06. The van der Waals surface area contributed by atoms with Gasteiger partial charge < -0.3 is 10.1 Å². The Labute approximate surface area is 154 Å². The Morgan fingerprint density at radius 1 is 1.23 bits per heavy atom. The fraction of sp³-hybridized carbons (Fsp3) is 0.316. The molecule has 0 spiro atoms. The second-order valence-electron chi connectivity index (χ2n) is 6.14. The lowest BCUT2D eigenvalue weighted by Crippen LogP contribution is -2.11. The number of hydrogen-bond acceptors (Lipinski definition) is 6. The molecular weight excluding hydrogens is 353 g/mol. The lowest BCUT2D eigenvalue weighted by atomic mass is 9.97. The number of benzene rings is 1. The standard InChI is InChI=1S/C19H18FN3O2S/c1-2-25-19(24)17-22-16(21-12-9-7-11(20)8-10-12)15-13-5-3-4-6-14(13)26-18(15)23-17/h7-10H,2-6H2,1H3,(H,21,22,23). The van der Waals surface area contributed by atoms with E-state index in [1.54, 1.807) is 30.4 Å². The third kappa shape index (κ3) is 3.14. The predicted molar refractivity (Wildman–Crippen MR) is 99.7 cm³/mol. The van der Waals surface area contributed by atoms with Crippen molar-refractivity contribution in [2.45, 2.75) is 32.6 Å². The third-order valence-corrected chi connectivity index (χ3v) is 5.57. The maximum absolute atomic E-state index is 13.2. The molecule has 1 aliphatic carbocycles. The smallest absolute Gasteiger partial charge is 0.376 e. The van der Waals surface area contributed by atoms with Crippen molar-refractivity contribution in [1.29, 1.82) is 0 Å². The largest absolute Gasteiger partial charge is 0.460 e. The topological polar surface area (TPSA) is 64.1 Å². The summed E-state index contributed by atoms with van der Waals surface area (Å²) in [5.74, 6) is -0.224. The number of fused-ring (bicyclic) bond motifs is 3. The number of carbonyl (C=O) groups is 1. The van der Waals surface area contributed by atoms with E-state index in [0.29, 0.717) is 11.5 Å². The van der Waals surface area contributed by atoms with Crippen molar-refractivity contribution in [3.05, 3.63) is 46.3 Å². The van der Waals surface area contributed by atoms with Gasteiger partial charge in [-0.1, -0.05) is 0 Å². The van der Waals surface area contributed by atoms with Crippen LogP contribution in [0.3, 0.4) is 0 Å². The Morgan fingerprint density at radius 2 is 2.00 bits per heavy atom. The van der Waals surface area contributed by atoms with Gasteiger partial charge in [0.15, 0.2) is 0 Å². The lowest BCUT2D eigenvalue weighted by molar-refractivity contribution is 0.0512. The summed E-state index contributed by atoms with van der Waals surface area (Å²) >= 11 is 1.62. The van der Waals surface area contributed by atoms with E-state index in [-0.39, 0.29) is 18.2 Å². The van der Waals surface area contributed by atoms with Crippen molar-refractivity contribution >= 4 is 39.0 Å². The number of ether oxygens (including phenoxy) is 1. The van der Waals surface area contributed by atoms with Crippen LogP contribution >= 0.6 is 11.3 Å². The first-order valence-electron chi connectivity index (χ1n) is 8.67. The molecule has 0 unspecified atom stereocenters. The van der Waals surface area contributed by atoms with Crippen LogP contribution in [0, 0.1) is 5.82 Å². The molecule has 0 saturated carbocycles. The van der Waals surface area contributed by atoms with Gasteiger partial charge in [-0.3, -0.25) is 0 Å². The van der Waals surface area contributed by atoms with Gasteiger partial charge in [0.2, 0.25) is 5.82 Å². The second kappa shape index (κ2) is 6.99. The summed E-state index contributed by atoms with van der Waals surface area (Å²) in [4.78, 5) is 23.1. The molecule has 5 nitrogen and oxygen atoms in total. The van der Waals surface area contributed by atoms with Crippen LogP contribution in [0.15, 0.2) is 24.3 Å². The number of carbonyl (C=O) groups excluding carboxylic acids is 1. The minimum Gasteiger partial charge on any atom is -0.460 e. The quantitative estimate of drug-likeness (QED) is 0.678. The highest BCUT2D eigenvalue weighted by atomic mass is 32.1. The van der Waals surface area contributed by atoms with Gasteiger partial charge in [0.25, 0.3) is 0 Å². The third-order valence-electron chi connectivity index (χ3n) is 4.38. The summed E-state index contributed by atoms with van der Waals surface area (Å²) in [5, 5.41) is 4.19. The first-order chi connectivity index (χ1) is 12.7. The highest BCUT2D eigenvalue weighted by Gasteiger charge is 2.23. The molecule has 1 aliphatic rings. The van der Waals surface area contributed by atoms with Crippen LogP contribution in [-0.4, -0.2) is 22.5 Å². The summed E-state index contributed by atoms with van der Waals surface area (Å²) in [6.45, 7) is 2.01. The molecule has 7 heteroatoms. The molecule has 2 aromatic heterocycles. The average Bonchev–Trinajstić information content (AvgIpc) is 3.02. The van der Waals surface area contributed by atoms with Crippen LogP contribution < -0.4 is 5.32 Å². The molecule has 0 saturated heterocycles. The molecule has 0 aliphatic heterocycles. The number of rotatable bonds is 4. The van der Waals surface area contributed by atoms with Gasteiger partial charge in [-0.15, -0.1) is 11.3 Å². The zero-order chi connectivity index (χ0) is 18.1. The maximum Gasteiger partial charge on any atom is 0.376 e. The van der Waals surface area contributed by atoms with E-state index in [1.165, 1.54) is 29.0 Å². The molecule has 0 atom stereocenters. The Hall–Kier alpha value is -2.54. The van der Waals surface area contributed by atoms with Gasteiger partial charge >= 0.3 is 5.97 Å². The molecule has 2 heterocycles. The summed E-state index contributed by atoms with van der Waals surface area (Å²) in [7, 11) is 0. The Balaban J connectivity index is 1.84. The van der Waals surface area contributed by atoms with Crippen LogP contribution in [0.1, 0.15) is 40.8 Å². The molecule has 4 rings (SSSR count). The summed E-state index contributed by atoms with van der Waals surface area (Å²) in [5.41, 5.74) is 1.97. The minimum absolute atomic E-state index is 0.0440. The van der Waals surface area contributed by atoms with Crippen molar-refractivity contribution in [3.8, 4) is 0 Å². The first kappa shape index (κ1) is 16.9. The number of thiophene rings is 1. The van der Waals surface area contributed by atoms with Crippen molar-refractivity contribution in [2.75, 3.05) is 11.9 Å². The predicted octanol–water partition coefficient (Wildman–Crippen LogP) is 4.63. The highest BCUT2D eigenvalue weighted by Crippen LogP contribution is 2.39. The Bertz CT molecular complexity index is 969. The summed E-state index contributed by atoms with van der Waals surface area (Å²) < 4.78 is 18.3. The van der Waals surface area contributed by atoms with Crippen LogP contribution in [0.2, 0.25) is 0 Å².